The standard InChI is InChI=1S/C18H20N4O3/c1-24-17-9-7-14(8-10-17)12-25-13-16(23)11-22-20-18(19-21-22)15-5-3-2-4-6-15/h2-10,16,23H,11-13H2,1H3. The van der Waals surface area contributed by atoms with Crippen LogP contribution in [0.25, 0.3) is 11.4 Å². The van der Waals surface area contributed by atoms with Crippen molar-refractivity contribution in [3.8, 4) is 17.1 Å². The zero-order chi connectivity index (χ0) is 17.5. The minimum atomic E-state index is -0.712. The first-order valence-electron chi connectivity index (χ1n) is 7.96. The normalized spacial score (nSPS) is 12.1. The minimum Gasteiger partial charge on any atom is -0.497 e. The summed E-state index contributed by atoms with van der Waals surface area (Å²) in [5.41, 5.74) is 1.90. The fourth-order valence-corrected chi connectivity index (χ4v) is 2.30. The van der Waals surface area contributed by atoms with Crippen LogP contribution in [0.1, 0.15) is 5.56 Å². The molecule has 1 N–H and O–H groups in total. The molecular formula is C18H20N4O3. The highest BCUT2D eigenvalue weighted by atomic mass is 16.5. The summed E-state index contributed by atoms with van der Waals surface area (Å²) < 4.78 is 10.6. The van der Waals surface area contributed by atoms with E-state index in [1.54, 1.807) is 7.11 Å². The number of aliphatic hydroxyl groups excluding tert-OH is 1. The van der Waals surface area contributed by atoms with Crippen LogP contribution in [0.4, 0.5) is 0 Å². The number of hydrogen-bond donors (Lipinski definition) is 1. The Hall–Kier alpha value is -2.77. The summed E-state index contributed by atoms with van der Waals surface area (Å²) in [7, 11) is 1.63. The molecule has 0 bridgehead atoms. The zero-order valence-corrected chi connectivity index (χ0v) is 13.9. The third kappa shape index (κ3) is 4.85. The Bertz CT molecular complexity index is 775. The van der Waals surface area contributed by atoms with Gasteiger partial charge in [-0.25, -0.2) is 0 Å². The van der Waals surface area contributed by atoms with Gasteiger partial charge in [0.15, 0.2) is 0 Å². The Balaban J connectivity index is 1.46. The molecule has 1 atom stereocenters. The lowest BCUT2D eigenvalue weighted by atomic mass is 10.2. The van der Waals surface area contributed by atoms with E-state index in [-0.39, 0.29) is 13.2 Å². The molecule has 1 aromatic heterocycles. The maximum atomic E-state index is 10.1. The van der Waals surface area contributed by atoms with Crippen LogP contribution in [0.15, 0.2) is 54.6 Å². The first kappa shape index (κ1) is 17.1. The quantitative estimate of drug-likeness (QED) is 0.675. The molecule has 0 radical (unpaired) electrons. The predicted octanol–water partition coefficient (Wildman–Crippen LogP) is 1.93. The van der Waals surface area contributed by atoms with Gasteiger partial charge in [-0.2, -0.15) is 4.80 Å². The minimum absolute atomic E-state index is 0.189. The number of benzene rings is 2. The highest BCUT2D eigenvalue weighted by Gasteiger charge is 2.10. The van der Waals surface area contributed by atoms with E-state index in [4.69, 9.17) is 9.47 Å². The third-order valence-corrected chi connectivity index (χ3v) is 3.60. The number of ether oxygens (including phenoxy) is 2. The van der Waals surface area contributed by atoms with Crippen LogP contribution in [0.3, 0.4) is 0 Å². The summed E-state index contributed by atoms with van der Waals surface area (Å²) in [5.74, 6) is 1.34. The van der Waals surface area contributed by atoms with Crippen LogP contribution in [0.5, 0.6) is 5.75 Å². The first-order valence-corrected chi connectivity index (χ1v) is 7.96. The molecule has 3 aromatic rings. The number of methoxy groups -OCH3 is 1. The fraction of sp³-hybridized carbons (Fsp3) is 0.278. The number of aliphatic hydroxyl groups is 1. The molecule has 0 spiro atoms. The number of hydrogen-bond acceptors (Lipinski definition) is 6. The van der Waals surface area contributed by atoms with E-state index < -0.39 is 6.10 Å². The number of rotatable bonds is 8. The smallest absolute Gasteiger partial charge is 0.204 e. The topological polar surface area (TPSA) is 82.3 Å². The fourth-order valence-electron chi connectivity index (χ4n) is 2.30. The van der Waals surface area contributed by atoms with Gasteiger partial charge in [-0.05, 0) is 22.9 Å². The Labute approximate surface area is 145 Å². The lowest BCUT2D eigenvalue weighted by Crippen LogP contribution is -2.23. The SMILES string of the molecule is COc1ccc(COCC(O)Cn2nnc(-c3ccccc3)n2)cc1. The monoisotopic (exact) mass is 340 g/mol. The highest BCUT2D eigenvalue weighted by molar-refractivity contribution is 5.52. The second kappa shape index (κ2) is 8.36. The van der Waals surface area contributed by atoms with Gasteiger partial charge >= 0.3 is 0 Å². The van der Waals surface area contributed by atoms with Gasteiger partial charge in [-0.3, -0.25) is 0 Å². The lowest BCUT2D eigenvalue weighted by molar-refractivity contribution is 0.0165. The molecule has 7 nitrogen and oxygen atoms in total. The second-order valence-electron chi connectivity index (χ2n) is 5.55. The van der Waals surface area contributed by atoms with Crippen LogP contribution in [0, 0.1) is 0 Å². The van der Waals surface area contributed by atoms with Gasteiger partial charge in [0.25, 0.3) is 0 Å². The number of aromatic nitrogens is 4. The van der Waals surface area contributed by atoms with E-state index >= 15 is 0 Å². The predicted molar refractivity (Wildman–Crippen MR) is 91.9 cm³/mol. The largest absolute Gasteiger partial charge is 0.497 e. The Morgan fingerprint density at radius 1 is 1.08 bits per heavy atom. The molecule has 7 heteroatoms. The van der Waals surface area contributed by atoms with Gasteiger partial charge in [-0.1, -0.05) is 42.5 Å². The van der Waals surface area contributed by atoms with Crippen LogP contribution in [-0.4, -0.2) is 45.1 Å². The van der Waals surface area contributed by atoms with Crippen molar-refractivity contribution in [3.63, 3.8) is 0 Å². The van der Waals surface area contributed by atoms with Crippen molar-refractivity contribution in [1.29, 1.82) is 0 Å². The summed E-state index contributed by atoms with van der Waals surface area (Å²) in [4.78, 5) is 1.38. The van der Waals surface area contributed by atoms with E-state index in [0.29, 0.717) is 12.4 Å². The van der Waals surface area contributed by atoms with Crippen molar-refractivity contribution in [2.45, 2.75) is 19.3 Å². The van der Waals surface area contributed by atoms with Crippen molar-refractivity contribution >= 4 is 0 Å². The van der Waals surface area contributed by atoms with E-state index in [0.717, 1.165) is 16.9 Å². The summed E-state index contributed by atoms with van der Waals surface area (Å²) in [6.07, 6.45) is -0.712. The Morgan fingerprint density at radius 2 is 1.84 bits per heavy atom. The summed E-state index contributed by atoms with van der Waals surface area (Å²) >= 11 is 0. The summed E-state index contributed by atoms with van der Waals surface area (Å²) in [5, 5.41) is 22.3. The van der Waals surface area contributed by atoms with Crippen LogP contribution >= 0.6 is 0 Å². The molecule has 3 rings (SSSR count). The average molecular weight is 340 g/mol. The second-order valence-corrected chi connectivity index (χ2v) is 5.55. The number of nitrogens with zero attached hydrogens (tertiary/aromatic N) is 4. The van der Waals surface area contributed by atoms with Gasteiger partial charge in [0, 0.05) is 5.56 Å². The molecule has 0 saturated carbocycles. The Kier molecular flexibility index (Phi) is 5.71. The maximum absolute atomic E-state index is 10.1. The third-order valence-electron chi connectivity index (χ3n) is 3.60. The molecule has 0 amide bonds. The van der Waals surface area contributed by atoms with Crippen molar-refractivity contribution in [2.24, 2.45) is 0 Å². The molecule has 0 saturated heterocycles. The molecule has 2 aromatic carbocycles. The molecule has 0 aliphatic carbocycles. The number of tetrazole rings is 1. The van der Waals surface area contributed by atoms with E-state index in [1.807, 2.05) is 54.6 Å². The highest BCUT2D eigenvalue weighted by Crippen LogP contribution is 2.13. The average Bonchev–Trinajstić information content (AvgIpc) is 3.11. The van der Waals surface area contributed by atoms with Gasteiger partial charge in [-0.15, -0.1) is 10.2 Å². The molecule has 130 valence electrons. The van der Waals surface area contributed by atoms with Crippen LogP contribution in [-0.2, 0) is 17.9 Å². The van der Waals surface area contributed by atoms with Gasteiger partial charge in [0.05, 0.1) is 33.0 Å². The van der Waals surface area contributed by atoms with Crippen molar-refractivity contribution in [2.75, 3.05) is 13.7 Å². The Morgan fingerprint density at radius 3 is 2.56 bits per heavy atom. The molecule has 0 aliphatic heterocycles. The van der Waals surface area contributed by atoms with E-state index in [1.165, 1.54) is 4.80 Å². The van der Waals surface area contributed by atoms with Gasteiger partial charge in [0.1, 0.15) is 5.75 Å². The summed E-state index contributed by atoms with van der Waals surface area (Å²) in [6, 6.07) is 17.2. The van der Waals surface area contributed by atoms with Crippen molar-refractivity contribution < 1.29 is 14.6 Å². The van der Waals surface area contributed by atoms with E-state index in [9.17, 15) is 5.11 Å². The maximum Gasteiger partial charge on any atom is 0.204 e. The van der Waals surface area contributed by atoms with Crippen molar-refractivity contribution in [3.05, 3.63) is 60.2 Å². The van der Waals surface area contributed by atoms with Crippen LogP contribution < -0.4 is 4.74 Å². The van der Waals surface area contributed by atoms with Gasteiger partial charge in [0.2, 0.25) is 5.82 Å². The van der Waals surface area contributed by atoms with Crippen LogP contribution in [0.2, 0.25) is 0 Å². The van der Waals surface area contributed by atoms with Gasteiger partial charge < -0.3 is 14.6 Å². The zero-order valence-electron chi connectivity index (χ0n) is 13.9. The molecule has 25 heavy (non-hydrogen) atoms. The van der Waals surface area contributed by atoms with E-state index in [2.05, 4.69) is 15.4 Å². The first-order chi connectivity index (χ1) is 12.2. The molecule has 1 heterocycles. The summed E-state index contributed by atoms with van der Waals surface area (Å²) in [6.45, 7) is 0.831. The van der Waals surface area contributed by atoms with Crippen molar-refractivity contribution in [1.82, 2.24) is 20.2 Å². The lowest BCUT2D eigenvalue weighted by Gasteiger charge is -2.10. The molecular weight excluding hydrogens is 320 g/mol. The molecule has 1 unspecified atom stereocenters. The molecule has 0 fully saturated rings. The molecule has 0 aliphatic rings.